The Morgan fingerprint density at radius 3 is 2.68 bits per heavy atom. The number of nitrogens with zero attached hydrogens (tertiary/aromatic N) is 2. The highest BCUT2D eigenvalue weighted by Gasteiger charge is 2.18. The number of aromatic nitrogens is 1. The van der Waals surface area contributed by atoms with Gasteiger partial charge in [-0.3, -0.25) is 9.78 Å². The second-order valence-corrected chi connectivity index (χ2v) is 4.27. The molecule has 98 valence electrons. The first-order chi connectivity index (χ1) is 9.24. The first-order valence-corrected chi connectivity index (χ1v) is 6.21. The fourth-order valence-electron chi connectivity index (χ4n) is 1.97. The summed E-state index contributed by atoms with van der Waals surface area (Å²) in [5.41, 5.74) is 8.13. The van der Waals surface area contributed by atoms with Gasteiger partial charge in [0.1, 0.15) is 0 Å². The smallest absolute Gasteiger partial charge is 0.259 e. The second kappa shape index (κ2) is 6.11. The summed E-state index contributed by atoms with van der Waals surface area (Å²) >= 11 is 0. The molecule has 0 bridgehead atoms. The third-order valence-corrected chi connectivity index (χ3v) is 2.91. The van der Waals surface area contributed by atoms with Gasteiger partial charge < -0.3 is 10.6 Å². The zero-order valence-corrected chi connectivity index (χ0v) is 10.9. The molecule has 0 fully saturated rings. The molecule has 0 atom stereocenters. The predicted octanol–water partition coefficient (Wildman–Crippen LogP) is 2.00. The van der Waals surface area contributed by atoms with E-state index in [1.807, 2.05) is 31.2 Å². The zero-order valence-electron chi connectivity index (χ0n) is 10.9. The van der Waals surface area contributed by atoms with Crippen LogP contribution < -0.4 is 10.6 Å². The van der Waals surface area contributed by atoms with Gasteiger partial charge in [-0.25, -0.2) is 0 Å². The van der Waals surface area contributed by atoms with Crippen LogP contribution in [0.5, 0.6) is 0 Å². The number of benzene rings is 1. The van der Waals surface area contributed by atoms with E-state index in [-0.39, 0.29) is 5.91 Å². The molecule has 0 unspecified atom stereocenters. The SMILES string of the molecule is Cc1ccccc1N(CCN)C(=O)c1cccnc1. The molecular weight excluding hydrogens is 238 g/mol. The van der Waals surface area contributed by atoms with Gasteiger partial charge >= 0.3 is 0 Å². The number of para-hydroxylation sites is 1. The van der Waals surface area contributed by atoms with Crippen LogP contribution in [0.25, 0.3) is 0 Å². The highest BCUT2D eigenvalue weighted by Crippen LogP contribution is 2.21. The van der Waals surface area contributed by atoms with Crippen LogP contribution in [0.1, 0.15) is 15.9 Å². The molecule has 1 amide bonds. The van der Waals surface area contributed by atoms with Crippen LogP contribution in [-0.2, 0) is 0 Å². The Labute approximate surface area is 112 Å². The van der Waals surface area contributed by atoms with Crippen molar-refractivity contribution in [2.24, 2.45) is 5.73 Å². The minimum absolute atomic E-state index is 0.0761. The average molecular weight is 255 g/mol. The first-order valence-electron chi connectivity index (χ1n) is 6.21. The van der Waals surface area contributed by atoms with Crippen molar-refractivity contribution >= 4 is 11.6 Å². The van der Waals surface area contributed by atoms with Crippen LogP contribution in [0.4, 0.5) is 5.69 Å². The van der Waals surface area contributed by atoms with Crippen molar-refractivity contribution in [2.45, 2.75) is 6.92 Å². The molecule has 0 spiro atoms. The van der Waals surface area contributed by atoms with Crippen LogP contribution >= 0.6 is 0 Å². The molecule has 1 aromatic carbocycles. The van der Waals surface area contributed by atoms with Gasteiger partial charge in [0.25, 0.3) is 5.91 Å². The third-order valence-electron chi connectivity index (χ3n) is 2.91. The Kier molecular flexibility index (Phi) is 4.26. The molecule has 2 rings (SSSR count). The second-order valence-electron chi connectivity index (χ2n) is 4.27. The summed E-state index contributed by atoms with van der Waals surface area (Å²) in [7, 11) is 0. The number of nitrogens with two attached hydrogens (primary N) is 1. The number of hydrogen-bond donors (Lipinski definition) is 1. The number of aryl methyl sites for hydroxylation is 1. The topological polar surface area (TPSA) is 59.2 Å². The summed E-state index contributed by atoms with van der Waals surface area (Å²) in [6.45, 7) is 2.88. The van der Waals surface area contributed by atoms with Crippen LogP contribution in [0.3, 0.4) is 0 Å². The van der Waals surface area contributed by atoms with Gasteiger partial charge in [-0.15, -0.1) is 0 Å². The summed E-state index contributed by atoms with van der Waals surface area (Å²) in [4.78, 5) is 18.2. The van der Waals surface area contributed by atoms with Gasteiger partial charge in [-0.1, -0.05) is 18.2 Å². The lowest BCUT2D eigenvalue weighted by molar-refractivity contribution is 0.0987. The molecule has 0 radical (unpaired) electrons. The van der Waals surface area contributed by atoms with E-state index >= 15 is 0 Å². The minimum atomic E-state index is -0.0761. The minimum Gasteiger partial charge on any atom is -0.329 e. The summed E-state index contributed by atoms with van der Waals surface area (Å²) in [6, 6.07) is 11.3. The van der Waals surface area contributed by atoms with Crippen molar-refractivity contribution in [1.29, 1.82) is 0 Å². The molecule has 0 saturated heterocycles. The fraction of sp³-hybridized carbons (Fsp3) is 0.200. The Morgan fingerprint density at radius 2 is 2.05 bits per heavy atom. The zero-order chi connectivity index (χ0) is 13.7. The lowest BCUT2D eigenvalue weighted by Crippen LogP contribution is -2.35. The average Bonchev–Trinajstić information content (AvgIpc) is 2.46. The maximum absolute atomic E-state index is 12.5. The van der Waals surface area contributed by atoms with E-state index in [1.54, 1.807) is 29.4 Å². The molecule has 4 nitrogen and oxygen atoms in total. The Morgan fingerprint density at radius 1 is 1.26 bits per heavy atom. The molecule has 4 heteroatoms. The number of rotatable bonds is 4. The molecule has 1 aromatic heterocycles. The first kappa shape index (κ1) is 13.2. The van der Waals surface area contributed by atoms with Gasteiger partial charge in [-0.2, -0.15) is 0 Å². The van der Waals surface area contributed by atoms with Crippen molar-refractivity contribution < 1.29 is 4.79 Å². The standard InChI is InChI=1S/C15H17N3O/c1-12-5-2-3-7-14(12)18(10-8-16)15(19)13-6-4-9-17-11-13/h2-7,9,11H,8,10,16H2,1H3. The van der Waals surface area contributed by atoms with Crippen LogP contribution in [-0.4, -0.2) is 24.0 Å². The Hall–Kier alpha value is -2.20. The maximum Gasteiger partial charge on any atom is 0.259 e. The van der Waals surface area contributed by atoms with Gasteiger partial charge in [0.15, 0.2) is 0 Å². The molecule has 2 aromatic rings. The molecule has 1 heterocycles. The van der Waals surface area contributed by atoms with Gasteiger partial charge in [-0.05, 0) is 30.7 Å². The molecule has 2 N–H and O–H groups in total. The lowest BCUT2D eigenvalue weighted by atomic mass is 10.1. The van der Waals surface area contributed by atoms with Gasteiger partial charge in [0, 0.05) is 31.2 Å². The lowest BCUT2D eigenvalue weighted by Gasteiger charge is -2.23. The predicted molar refractivity (Wildman–Crippen MR) is 76.1 cm³/mol. The molecule has 0 saturated carbocycles. The van der Waals surface area contributed by atoms with Crippen molar-refractivity contribution in [1.82, 2.24) is 4.98 Å². The number of amides is 1. The summed E-state index contributed by atoms with van der Waals surface area (Å²) < 4.78 is 0. The molecule has 19 heavy (non-hydrogen) atoms. The summed E-state index contributed by atoms with van der Waals surface area (Å²) in [6.07, 6.45) is 3.22. The van der Waals surface area contributed by atoms with Crippen molar-refractivity contribution in [2.75, 3.05) is 18.0 Å². The molecule has 0 aliphatic heterocycles. The summed E-state index contributed by atoms with van der Waals surface area (Å²) in [5.74, 6) is -0.0761. The third kappa shape index (κ3) is 2.98. The highest BCUT2D eigenvalue weighted by molar-refractivity contribution is 6.06. The number of carbonyl (C=O) groups excluding carboxylic acids is 1. The number of carbonyl (C=O) groups is 1. The summed E-state index contributed by atoms with van der Waals surface area (Å²) in [5, 5.41) is 0. The van der Waals surface area contributed by atoms with Gasteiger partial charge in [0.05, 0.1) is 5.56 Å². The molecule has 0 aliphatic rings. The molecular formula is C15H17N3O. The van der Waals surface area contributed by atoms with E-state index < -0.39 is 0 Å². The van der Waals surface area contributed by atoms with E-state index in [9.17, 15) is 4.79 Å². The number of pyridine rings is 1. The van der Waals surface area contributed by atoms with E-state index in [0.717, 1.165) is 11.3 Å². The van der Waals surface area contributed by atoms with Crippen LogP contribution in [0.2, 0.25) is 0 Å². The number of anilines is 1. The van der Waals surface area contributed by atoms with E-state index in [1.165, 1.54) is 0 Å². The molecule has 0 aliphatic carbocycles. The maximum atomic E-state index is 12.5. The Balaban J connectivity index is 2.36. The van der Waals surface area contributed by atoms with Crippen LogP contribution in [0.15, 0.2) is 48.8 Å². The van der Waals surface area contributed by atoms with E-state index in [0.29, 0.717) is 18.7 Å². The van der Waals surface area contributed by atoms with Crippen molar-refractivity contribution in [3.05, 3.63) is 59.9 Å². The Bertz CT molecular complexity index is 554. The highest BCUT2D eigenvalue weighted by atomic mass is 16.2. The largest absolute Gasteiger partial charge is 0.329 e. The van der Waals surface area contributed by atoms with E-state index in [4.69, 9.17) is 5.73 Å². The number of hydrogen-bond acceptors (Lipinski definition) is 3. The monoisotopic (exact) mass is 255 g/mol. The van der Waals surface area contributed by atoms with Crippen molar-refractivity contribution in [3.63, 3.8) is 0 Å². The fourth-order valence-corrected chi connectivity index (χ4v) is 1.97. The quantitative estimate of drug-likeness (QED) is 0.909. The van der Waals surface area contributed by atoms with E-state index in [2.05, 4.69) is 4.98 Å². The van der Waals surface area contributed by atoms with Crippen LogP contribution in [0, 0.1) is 6.92 Å². The van der Waals surface area contributed by atoms with Gasteiger partial charge in [0.2, 0.25) is 0 Å². The van der Waals surface area contributed by atoms with Crippen molar-refractivity contribution in [3.8, 4) is 0 Å². The normalized spacial score (nSPS) is 10.2.